The lowest BCUT2D eigenvalue weighted by Gasteiger charge is -2.41. The van der Waals surface area contributed by atoms with E-state index in [1.165, 1.54) is 11.3 Å². The molecular formula is C23H30N6O. The van der Waals surface area contributed by atoms with E-state index in [0.29, 0.717) is 12.5 Å². The third-order valence-corrected chi connectivity index (χ3v) is 5.78. The molecule has 0 N–H and O–H groups in total. The number of benzene rings is 2. The molecule has 1 aliphatic rings. The van der Waals surface area contributed by atoms with Crippen molar-refractivity contribution in [3.05, 3.63) is 66.0 Å². The minimum atomic E-state index is 0.196. The fourth-order valence-corrected chi connectivity index (χ4v) is 4.23. The van der Waals surface area contributed by atoms with E-state index in [1.54, 1.807) is 7.11 Å². The second-order valence-electron chi connectivity index (χ2n) is 8.09. The zero-order chi connectivity index (χ0) is 20.9. The summed E-state index contributed by atoms with van der Waals surface area (Å²) in [6, 6.07) is 18.9. The van der Waals surface area contributed by atoms with Gasteiger partial charge in [-0.2, -0.15) is 0 Å². The van der Waals surface area contributed by atoms with Gasteiger partial charge in [0.2, 0.25) is 0 Å². The molecule has 2 heterocycles. The molecule has 0 amide bonds. The predicted octanol–water partition coefficient (Wildman–Crippen LogP) is 3.25. The lowest BCUT2D eigenvalue weighted by molar-refractivity contribution is 0.135. The number of anilines is 1. The van der Waals surface area contributed by atoms with Crippen LogP contribution < -0.4 is 9.64 Å². The van der Waals surface area contributed by atoms with Crippen LogP contribution in [0.1, 0.15) is 31.3 Å². The van der Waals surface area contributed by atoms with Crippen molar-refractivity contribution in [2.45, 2.75) is 26.4 Å². The first kappa shape index (κ1) is 20.3. The van der Waals surface area contributed by atoms with Gasteiger partial charge in [0.1, 0.15) is 5.75 Å². The fourth-order valence-electron chi connectivity index (χ4n) is 4.23. The lowest BCUT2D eigenvalue weighted by atomic mass is 10.0. The Morgan fingerprint density at radius 2 is 1.63 bits per heavy atom. The summed E-state index contributed by atoms with van der Waals surface area (Å²) in [5, 5.41) is 12.7. The minimum Gasteiger partial charge on any atom is -0.497 e. The second kappa shape index (κ2) is 9.26. The average molecular weight is 407 g/mol. The van der Waals surface area contributed by atoms with Gasteiger partial charge >= 0.3 is 0 Å². The largest absolute Gasteiger partial charge is 0.497 e. The predicted molar refractivity (Wildman–Crippen MR) is 118 cm³/mol. The number of methoxy groups -OCH3 is 1. The molecule has 158 valence electrons. The summed E-state index contributed by atoms with van der Waals surface area (Å²) in [6.45, 7) is 9.12. The number of ether oxygens (including phenoxy) is 1. The maximum Gasteiger partial charge on any atom is 0.169 e. The summed E-state index contributed by atoms with van der Waals surface area (Å²) in [5.41, 5.74) is 2.45. The number of hydrogen-bond donors (Lipinski definition) is 0. The third-order valence-electron chi connectivity index (χ3n) is 5.78. The first-order chi connectivity index (χ1) is 14.7. The Morgan fingerprint density at radius 1 is 0.933 bits per heavy atom. The highest BCUT2D eigenvalue weighted by Gasteiger charge is 2.31. The van der Waals surface area contributed by atoms with Crippen LogP contribution in [-0.4, -0.2) is 58.4 Å². The van der Waals surface area contributed by atoms with Gasteiger partial charge in [-0.15, -0.1) is 5.10 Å². The van der Waals surface area contributed by atoms with Crippen LogP contribution in [-0.2, 0) is 6.54 Å². The molecular weight excluding hydrogens is 376 g/mol. The zero-order valence-electron chi connectivity index (χ0n) is 18.0. The van der Waals surface area contributed by atoms with E-state index in [-0.39, 0.29) is 6.04 Å². The van der Waals surface area contributed by atoms with Gasteiger partial charge in [-0.05, 0) is 46.2 Å². The Labute approximate surface area is 178 Å². The molecule has 0 spiro atoms. The molecule has 1 unspecified atom stereocenters. The van der Waals surface area contributed by atoms with Crippen LogP contribution in [0.2, 0.25) is 0 Å². The first-order valence-corrected chi connectivity index (χ1v) is 10.6. The van der Waals surface area contributed by atoms with Gasteiger partial charge in [0, 0.05) is 31.9 Å². The van der Waals surface area contributed by atoms with Crippen LogP contribution >= 0.6 is 0 Å². The molecule has 1 aliphatic heterocycles. The molecule has 1 fully saturated rings. The summed E-state index contributed by atoms with van der Waals surface area (Å²) in [6.07, 6.45) is 0. The molecule has 3 aromatic rings. The molecule has 7 heteroatoms. The number of hydrogen-bond acceptors (Lipinski definition) is 6. The number of piperazine rings is 1. The van der Waals surface area contributed by atoms with E-state index in [1.807, 2.05) is 22.9 Å². The number of nitrogens with zero attached hydrogens (tertiary/aromatic N) is 6. The van der Waals surface area contributed by atoms with Crippen molar-refractivity contribution in [3.8, 4) is 5.75 Å². The Bertz CT molecular complexity index is 916. The topological polar surface area (TPSA) is 59.3 Å². The smallest absolute Gasteiger partial charge is 0.169 e. The molecule has 0 saturated carbocycles. The highest BCUT2D eigenvalue weighted by atomic mass is 16.5. The van der Waals surface area contributed by atoms with Gasteiger partial charge in [0.15, 0.2) is 5.82 Å². The number of aromatic nitrogens is 4. The summed E-state index contributed by atoms with van der Waals surface area (Å²) >= 11 is 0. The van der Waals surface area contributed by atoms with Gasteiger partial charge in [-0.3, -0.25) is 4.90 Å². The average Bonchev–Trinajstić information content (AvgIpc) is 3.22. The lowest BCUT2D eigenvalue weighted by Crippen LogP contribution is -2.49. The molecule has 2 aromatic carbocycles. The summed E-state index contributed by atoms with van der Waals surface area (Å²) in [4.78, 5) is 4.96. The van der Waals surface area contributed by atoms with Gasteiger partial charge in [-0.25, -0.2) is 4.68 Å². The minimum absolute atomic E-state index is 0.196. The molecule has 7 nitrogen and oxygen atoms in total. The van der Waals surface area contributed by atoms with E-state index >= 15 is 0 Å². The summed E-state index contributed by atoms with van der Waals surface area (Å²) in [7, 11) is 1.70. The van der Waals surface area contributed by atoms with Crippen molar-refractivity contribution in [1.29, 1.82) is 0 Å². The van der Waals surface area contributed by atoms with Crippen molar-refractivity contribution >= 4 is 5.69 Å². The van der Waals surface area contributed by atoms with Gasteiger partial charge in [-0.1, -0.05) is 44.2 Å². The normalized spacial score (nSPS) is 16.1. The highest BCUT2D eigenvalue weighted by molar-refractivity contribution is 5.49. The molecule has 0 bridgehead atoms. The van der Waals surface area contributed by atoms with Crippen LogP contribution in [0.3, 0.4) is 0 Å². The van der Waals surface area contributed by atoms with Crippen LogP contribution in [0.25, 0.3) is 0 Å². The fraction of sp³-hybridized carbons (Fsp3) is 0.435. The van der Waals surface area contributed by atoms with Crippen molar-refractivity contribution in [3.63, 3.8) is 0 Å². The van der Waals surface area contributed by atoms with Gasteiger partial charge in [0.25, 0.3) is 0 Å². The SMILES string of the molecule is COc1ccc(N2CCN(C(c3nnnn3Cc3ccccc3)C(C)C)CC2)cc1. The maximum atomic E-state index is 5.28. The van der Waals surface area contributed by atoms with Crippen molar-refractivity contribution in [1.82, 2.24) is 25.1 Å². The Morgan fingerprint density at radius 3 is 2.27 bits per heavy atom. The van der Waals surface area contributed by atoms with E-state index in [4.69, 9.17) is 4.74 Å². The molecule has 0 radical (unpaired) electrons. The van der Waals surface area contributed by atoms with E-state index < -0.39 is 0 Å². The summed E-state index contributed by atoms with van der Waals surface area (Å²) in [5.74, 6) is 2.26. The number of rotatable bonds is 7. The second-order valence-corrected chi connectivity index (χ2v) is 8.09. The Kier molecular flexibility index (Phi) is 6.28. The summed E-state index contributed by atoms with van der Waals surface area (Å²) < 4.78 is 7.23. The van der Waals surface area contributed by atoms with Crippen molar-refractivity contribution < 1.29 is 4.74 Å². The standard InChI is InChI=1S/C23H30N6O/c1-18(2)22(23-24-25-26-29(23)17-19-7-5-4-6-8-19)28-15-13-27(14-16-28)20-9-11-21(30-3)12-10-20/h4-12,18,22H,13-17H2,1-3H3. The number of tetrazole rings is 1. The Balaban J connectivity index is 1.46. The molecule has 4 rings (SSSR count). The van der Waals surface area contributed by atoms with E-state index in [2.05, 4.69) is 75.6 Å². The molecule has 1 atom stereocenters. The van der Waals surface area contributed by atoms with Crippen molar-refractivity contribution in [2.24, 2.45) is 5.92 Å². The van der Waals surface area contributed by atoms with Gasteiger partial charge in [0.05, 0.1) is 19.7 Å². The van der Waals surface area contributed by atoms with Crippen LogP contribution in [0, 0.1) is 5.92 Å². The van der Waals surface area contributed by atoms with Crippen molar-refractivity contribution in [2.75, 3.05) is 38.2 Å². The van der Waals surface area contributed by atoms with E-state index in [9.17, 15) is 0 Å². The quantitative estimate of drug-likeness (QED) is 0.600. The first-order valence-electron chi connectivity index (χ1n) is 10.6. The van der Waals surface area contributed by atoms with Gasteiger partial charge < -0.3 is 9.64 Å². The maximum absolute atomic E-state index is 5.28. The van der Waals surface area contributed by atoms with Crippen LogP contribution in [0.15, 0.2) is 54.6 Å². The highest BCUT2D eigenvalue weighted by Crippen LogP contribution is 2.29. The van der Waals surface area contributed by atoms with E-state index in [0.717, 1.165) is 37.8 Å². The third kappa shape index (κ3) is 4.46. The molecule has 1 aromatic heterocycles. The Hall–Kier alpha value is -2.93. The van der Waals surface area contributed by atoms with Crippen LogP contribution in [0.4, 0.5) is 5.69 Å². The molecule has 30 heavy (non-hydrogen) atoms. The molecule has 0 aliphatic carbocycles. The van der Waals surface area contributed by atoms with Crippen LogP contribution in [0.5, 0.6) is 5.75 Å². The zero-order valence-corrected chi connectivity index (χ0v) is 18.0. The molecule has 1 saturated heterocycles. The monoisotopic (exact) mass is 406 g/mol.